The van der Waals surface area contributed by atoms with Crippen molar-refractivity contribution < 1.29 is 24.5 Å². The molecule has 0 aromatic heterocycles. The van der Waals surface area contributed by atoms with E-state index < -0.39 is 12.1 Å². The molecule has 0 spiro atoms. The van der Waals surface area contributed by atoms with Crippen LogP contribution in [-0.4, -0.2) is 47.4 Å². The van der Waals surface area contributed by atoms with E-state index in [1.54, 1.807) is 6.08 Å². The van der Waals surface area contributed by atoms with Crippen molar-refractivity contribution in [1.29, 1.82) is 0 Å². The molecule has 6 heteroatoms. The molecule has 2 atom stereocenters. The normalized spacial score (nSPS) is 12.6. The summed E-state index contributed by atoms with van der Waals surface area (Å²) >= 11 is 0. The van der Waals surface area contributed by atoms with Crippen molar-refractivity contribution >= 4 is 11.9 Å². The van der Waals surface area contributed by atoms with Crippen molar-refractivity contribution in [2.75, 3.05) is 13.2 Å². The first-order valence-electron chi connectivity index (χ1n) is 39.1. The molecule has 85 heavy (non-hydrogen) atoms. The Morgan fingerprint density at radius 3 is 0.859 bits per heavy atom. The predicted octanol–water partition coefficient (Wildman–Crippen LogP) is 25.7. The van der Waals surface area contributed by atoms with Crippen LogP contribution in [0.1, 0.15) is 444 Å². The standard InChI is InChI=1S/C79H153NO5/c1-3-5-7-9-11-13-15-17-18-19-20-21-22-33-36-39-42-45-48-51-55-59-63-67-71-77(82)76(75-81)80-78(83)72-68-64-60-56-52-49-46-43-40-37-34-31-29-27-25-23-24-26-28-30-32-35-38-41-44-47-50-54-58-62-66-70-74-85-79(84)73-69-65-61-57-53-16-14-12-10-8-6-4-2/h12,14,67,71,76-77,81-82H,3-11,13,15-66,68-70,72-75H2,1-2H3,(H,80,83)/b14-12-,71-67+. The Labute approximate surface area is 532 Å². The van der Waals surface area contributed by atoms with Crippen LogP contribution >= 0.6 is 0 Å². The van der Waals surface area contributed by atoms with Crippen LogP contribution in [0.25, 0.3) is 0 Å². The van der Waals surface area contributed by atoms with Gasteiger partial charge in [0.15, 0.2) is 0 Å². The third-order valence-electron chi connectivity index (χ3n) is 18.5. The third-order valence-corrected chi connectivity index (χ3v) is 18.5. The molecule has 0 radical (unpaired) electrons. The van der Waals surface area contributed by atoms with Crippen molar-refractivity contribution in [2.24, 2.45) is 0 Å². The Morgan fingerprint density at radius 2 is 0.553 bits per heavy atom. The maximum absolute atomic E-state index is 12.6. The molecule has 0 fully saturated rings. The van der Waals surface area contributed by atoms with Crippen molar-refractivity contribution in [3.8, 4) is 0 Å². The van der Waals surface area contributed by atoms with E-state index in [9.17, 15) is 19.8 Å². The number of nitrogens with one attached hydrogen (secondary N) is 1. The van der Waals surface area contributed by atoms with Gasteiger partial charge in [-0.25, -0.2) is 0 Å². The highest BCUT2D eigenvalue weighted by molar-refractivity contribution is 5.76. The number of carbonyl (C=O) groups excluding carboxylic acids is 2. The van der Waals surface area contributed by atoms with Gasteiger partial charge < -0.3 is 20.3 Å². The lowest BCUT2D eigenvalue weighted by atomic mass is 10.0. The molecule has 0 aromatic carbocycles. The average Bonchev–Trinajstić information content (AvgIpc) is 3.51. The number of esters is 1. The second-order valence-corrected chi connectivity index (χ2v) is 27.0. The number of carbonyl (C=O) groups is 2. The highest BCUT2D eigenvalue weighted by Crippen LogP contribution is 2.20. The second kappa shape index (κ2) is 74.8. The Morgan fingerprint density at radius 1 is 0.318 bits per heavy atom. The first-order chi connectivity index (χ1) is 42.0. The summed E-state index contributed by atoms with van der Waals surface area (Å²) in [5, 5.41) is 23.3. The van der Waals surface area contributed by atoms with Gasteiger partial charge in [-0.05, 0) is 57.8 Å². The molecule has 0 saturated carbocycles. The number of aliphatic hydroxyl groups is 2. The summed E-state index contributed by atoms with van der Waals surface area (Å²) in [6.45, 7) is 4.93. The van der Waals surface area contributed by atoms with Gasteiger partial charge >= 0.3 is 5.97 Å². The molecule has 0 heterocycles. The summed E-state index contributed by atoms with van der Waals surface area (Å²) in [4.78, 5) is 24.6. The van der Waals surface area contributed by atoms with Gasteiger partial charge in [0, 0.05) is 12.8 Å². The molecule has 1 amide bonds. The Balaban J connectivity index is 3.36. The Hall–Kier alpha value is -1.66. The van der Waals surface area contributed by atoms with Crippen LogP contribution < -0.4 is 5.32 Å². The predicted molar refractivity (Wildman–Crippen MR) is 375 cm³/mol. The van der Waals surface area contributed by atoms with Crippen LogP contribution in [-0.2, 0) is 14.3 Å². The van der Waals surface area contributed by atoms with E-state index in [0.717, 1.165) is 44.9 Å². The summed E-state index contributed by atoms with van der Waals surface area (Å²) in [6, 6.07) is -0.626. The summed E-state index contributed by atoms with van der Waals surface area (Å²) in [5.74, 6) is -0.0466. The molecule has 0 aliphatic heterocycles. The summed E-state index contributed by atoms with van der Waals surface area (Å²) < 4.78 is 5.48. The maximum Gasteiger partial charge on any atom is 0.305 e. The van der Waals surface area contributed by atoms with Crippen molar-refractivity contribution in [2.45, 2.75) is 456 Å². The highest BCUT2D eigenvalue weighted by atomic mass is 16.5. The van der Waals surface area contributed by atoms with E-state index in [0.29, 0.717) is 19.4 Å². The van der Waals surface area contributed by atoms with E-state index in [1.165, 1.54) is 372 Å². The summed E-state index contributed by atoms with van der Waals surface area (Å²) in [6.07, 6.45) is 95.9. The first kappa shape index (κ1) is 83.3. The number of rotatable bonds is 74. The fourth-order valence-corrected chi connectivity index (χ4v) is 12.5. The fourth-order valence-electron chi connectivity index (χ4n) is 12.5. The van der Waals surface area contributed by atoms with Gasteiger partial charge in [-0.3, -0.25) is 9.59 Å². The average molecular weight is 1200 g/mol. The topological polar surface area (TPSA) is 95.9 Å². The maximum atomic E-state index is 12.6. The van der Waals surface area contributed by atoms with Crippen molar-refractivity contribution in [3.05, 3.63) is 24.3 Å². The zero-order valence-corrected chi connectivity index (χ0v) is 57.9. The van der Waals surface area contributed by atoms with Crippen LogP contribution in [0.5, 0.6) is 0 Å². The van der Waals surface area contributed by atoms with Gasteiger partial charge in [-0.15, -0.1) is 0 Å². The molecular formula is C79H153NO5. The monoisotopic (exact) mass is 1200 g/mol. The van der Waals surface area contributed by atoms with Crippen molar-refractivity contribution in [3.63, 3.8) is 0 Å². The van der Waals surface area contributed by atoms with Crippen LogP contribution in [0.3, 0.4) is 0 Å². The van der Waals surface area contributed by atoms with Crippen LogP contribution in [0, 0.1) is 0 Å². The minimum absolute atomic E-state index is 0.0116. The van der Waals surface area contributed by atoms with E-state index in [2.05, 4.69) is 31.3 Å². The molecular weight excluding hydrogens is 1040 g/mol. The van der Waals surface area contributed by atoms with E-state index in [-0.39, 0.29) is 18.5 Å². The fraction of sp³-hybridized carbons (Fsp3) is 0.924. The molecule has 0 bridgehead atoms. The lowest BCUT2D eigenvalue weighted by Crippen LogP contribution is -2.45. The Kier molecular flexibility index (Phi) is 73.3. The van der Waals surface area contributed by atoms with E-state index in [1.807, 2.05) is 6.08 Å². The van der Waals surface area contributed by atoms with Gasteiger partial charge in [-0.1, -0.05) is 398 Å². The Bertz CT molecular complexity index is 1330. The minimum Gasteiger partial charge on any atom is -0.466 e. The highest BCUT2D eigenvalue weighted by Gasteiger charge is 2.18. The zero-order chi connectivity index (χ0) is 61.3. The van der Waals surface area contributed by atoms with E-state index >= 15 is 0 Å². The third kappa shape index (κ3) is 71.3. The lowest BCUT2D eigenvalue weighted by Gasteiger charge is -2.20. The number of unbranched alkanes of at least 4 members (excludes halogenated alkanes) is 61. The van der Waals surface area contributed by atoms with Crippen LogP contribution in [0.2, 0.25) is 0 Å². The molecule has 0 aromatic rings. The summed E-state index contributed by atoms with van der Waals surface area (Å²) in [7, 11) is 0. The van der Waals surface area contributed by atoms with Crippen molar-refractivity contribution in [1.82, 2.24) is 5.32 Å². The smallest absolute Gasteiger partial charge is 0.305 e. The number of amides is 1. The lowest BCUT2D eigenvalue weighted by molar-refractivity contribution is -0.143. The van der Waals surface area contributed by atoms with E-state index in [4.69, 9.17) is 4.74 Å². The number of aliphatic hydroxyl groups excluding tert-OH is 2. The molecule has 504 valence electrons. The molecule has 0 saturated heterocycles. The van der Waals surface area contributed by atoms with Gasteiger partial charge in [0.2, 0.25) is 5.91 Å². The molecule has 0 aliphatic carbocycles. The zero-order valence-electron chi connectivity index (χ0n) is 57.9. The SMILES string of the molecule is CCCCC/C=C\CCCCCCCC(=O)OCCCCCCCCCCCCCCCCCCCCCCCCCCCCCCCCCCC(=O)NC(CO)C(O)/C=C/CCCCCCCCCCCCCCCCCCCCCCCC. The number of ether oxygens (including phenoxy) is 1. The van der Waals surface area contributed by atoms with Gasteiger partial charge in [0.05, 0.1) is 25.4 Å². The van der Waals surface area contributed by atoms with Gasteiger partial charge in [0.25, 0.3) is 0 Å². The molecule has 0 aliphatic rings. The van der Waals surface area contributed by atoms with Crippen LogP contribution in [0.15, 0.2) is 24.3 Å². The first-order valence-corrected chi connectivity index (χ1v) is 39.1. The molecule has 2 unspecified atom stereocenters. The minimum atomic E-state index is -0.843. The van der Waals surface area contributed by atoms with Gasteiger partial charge in [-0.2, -0.15) is 0 Å². The molecule has 0 rings (SSSR count). The second-order valence-electron chi connectivity index (χ2n) is 27.0. The number of allylic oxidation sites excluding steroid dienone is 3. The molecule has 3 N–H and O–H groups in total. The quantitative estimate of drug-likeness (QED) is 0.0320. The van der Waals surface area contributed by atoms with Gasteiger partial charge in [0.1, 0.15) is 0 Å². The number of hydrogen-bond donors (Lipinski definition) is 3. The molecule has 6 nitrogen and oxygen atoms in total. The largest absolute Gasteiger partial charge is 0.466 e. The summed E-state index contributed by atoms with van der Waals surface area (Å²) in [5.41, 5.74) is 0. The van der Waals surface area contributed by atoms with Crippen LogP contribution in [0.4, 0.5) is 0 Å². The number of hydrogen-bond acceptors (Lipinski definition) is 5.